The quantitative estimate of drug-likeness (QED) is 0.499. The first kappa shape index (κ1) is 6.87. The Morgan fingerprint density at radius 2 is 1.70 bits per heavy atom. The lowest BCUT2D eigenvalue weighted by molar-refractivity contribution is 0.336. The molecule has 0 aromatic heterocycles. The molecule has 0 amide bonds. The minimum Gasteiger partial charge on any atom is -0.504 e. The van der Waals surface area contributed by atoms with Crippen molar-refractivity contribution in [1.29, 1.82) is 0 Å². The van der Waals surface area contributed by atoms with Gasteiger partial charge in [0.25, 0.3) is 0 Å². The number of rotatable bonds is 1. The van der Waals surface area contributed by atoms with Gasteiger partial charge in [0.1, 0.15) is 0 Å². The molecule has 1 rings (SSSR count). The topological polar surface area (TPSA) is 9.23 Å². The average molecular weight is 134 g/mol. The van der Waals surface area contributed by atoms with E-state index < -0.39 is 0 Å². The zero-order chi connectivity index (χ0) is 7.23. The maximum absolute atomic E-state index is 4.84. The van der Waals surface area contributed by atoms with Gasteiger partial charge >= 0.3 is 0 Å². The summed E-state index contributed by atoms with van der Waals surface area (Å²) >= 11 is 0. The van der Waals surface area contributed by atoms with Crippen LogP contribution in [0.5, 0.6) is 0 Å². The van der Waals surface area contributed by atoms with E-state index in [1.165, 1.54) is 0 Å². The normalized spacial score (nSPS) is 15.1. The second-order valence-corrected chi connectivity index (χ2v) is 1.96. The average Bonchev–Trinajstić information content (AvgIpc) is 2.17. The predicted molar refractivity (Wildman–Crippen MR) is 42.5 cm³/mol. The van der Waals surface area contributed by atoms with Gasteiger partial charge in [-0.1, -0.05) is 36.5 Å². The molecule has 0 fully saturated rings. The monoisotopic (exact) mass is 134 g/mol. The Hall–Kier alpha value is -1.24. The molecule has 0 saturated heterocycles. The van der Waals surface area contributed by atoms with E-state index in [0.29, 0.717) is 0 Å². The second-order valence-electron chi connectivity index (χ2n) is 1.96. The Kier molecular flexibility index (Phi) is 2.56. The van der Waals surface area contributed by atoms with Crippen molar-refractivity contribution in [2.75, 3.05) is 7.11 Å². The van der Waals surface area contributed by atoms with E-state index in [-0.39, 0.29) is 0 Å². The van der Waals surface area contributed by atoms with Gasteiger partial charge in [0.05, 0.1) is 13.4 Å². The van der Waals surface area contributed by atoms with E-state index >= 15 is 0 Å². The Morgan fingerprint density at radius 3 is 2.20 bits per heavy atom. The van der Waals surface area contributed by atoms with Crippen molar-refractivity contribution in [2.24, 2.45) is 0 Å². The highest BCUT2D eigenvalue weighted by molar-refractivity contribution is 5.36. The van der Waals surface area contributed by atoms with E-state index in [2.05, 4.69) is 0 Å². The van der Waals surface area contributed by atoms with Crippen LogP contribution in [-0.2, 0) is 4.74 Å². The van der Waals surface area contributed by atoms with Crippen molar-refractivity contribution >= 4 is 0 Å². The highest BCUT2D eigenvalue weighted by Gasteiger charge is 1.84. The molecule has 0 heterocycles. The fourth-order valence-corrected chi connectivity index (χ4v) is 0.732. The van der Waals surface area contributed by atoms with E-state index in [1.807, 2.05) is 36.5 Å². The fraction of sp³-hybridized carbons (Fsp3) is 0.111. The SMILES string of the molecule is COC=C1C=CC=CC=C1. The fourth-order valence-electron chi connectivity index (χ4n) is 0.732. The molecular weight excluding hydrogens is 124 g/mol. The van der Waals surface area contributed by atoms with Crippen molar-refractivity contribution in [3.63, 3.8) is 0 Å². The minimum absolute atomic E-state index is 1.08. The van der Waals surface area contributed by atoms with Crippen LogP contribution in [0.2, 0.25) is 0 Å². The molecule has 0 saturated carbocycles. The number of hydrogen-bond acceptors (Lipinski definition) is 1. The summed E-state index contributed by atoms with van der Waals surface area (Å²) in [6, 6.07) is 0. The molecule has 10 heavy (non-hydrogen) atoms. The zero-order valence-corrected chi connectivity index (χ0v) is 5.95. The van der Waals surface area contributed by atoms with Crippen molar-refractivity contribution in [3.8, 4) is 0 Å². The first-order valence-corrected chi connectivity index (χ1v) is 3.18. The zero-order valence-electron chi connectivity index (χ0n) is 5.95. The maximum atomic E-state index is 4.84. The van der Waals surface area contributed by atoms with Gasteiger partial charge in [-0.05, 0) is 0 Å². The molecule has 0 atom stereocenters. The van der Waals surface area contributed by atoms with Crippen molar-refractivity contribution in [3.05, 3.63) is 48.3 Å². The van der Waals surface area contributed by atoms with E-state index in [1.54, 1.807) is 13.4 Å². The molecule has 0 aliphatic heterocycles. The summed E-state index contributed by atoms with van der Waals surface area (Å²) in [5.74, 6) is 0. The lowest BCUT2D eigenvalue weighted by Crippen LogP contribution is -1.72. The smallest absolute Gasteiger partial charge is 0.0896 e. The second kappa shape index (κ2) is 3.72. The van der Waals surface area contributed by atoms with Gasteiger partial charge in [-0.2, -0.15) is 0 Å². The van der Waals surface area contributed by atoms with Crippen LogP contribution in [0.4, 0.5) is 0 Å². The first-order valence-electron chi connectivity index (χ1n) is 3.18. The van der Waals surface area contributed by atoms with Gasteiger partial charge in [-0.15, -0.1) is 0 Å². The van der Waals surface area contributed by atoms with Gasteiger partial charge in [0.15, 0.2) is 0 Å². The molecule has 0 bridgehead atoms. The molecule has 1 aliphatic rings. The van der Waals surface area contributed by atoms with Crippen LogP contribution in [-0.4, -0.2) is 7.11 Å². The van der Waals surface area contributed by atoms with E-state index in [9.17, 15) is 0 Å². The molecule has 0 spiro atoms. The van der Waals surface area contributed by atoms with Crippen LogP contribution >= 0.6 is 0 Å². The van der Waals surface area contributed by atoms with Crippen LogP contribution in [0.1, 0.15) is 0 Å². The van der Waals surface area contributed by atoms with Crippen LogP contribution in [0, 0.1) is 0 Å². The summed E-state index contributed by atoms with van der Waals surface area (Å²) < 4.78 is 4.84. The third-order valence-corrected chi connectivity index (χ3v) is 1.16. The molecule has 1 aliphatic carbocycles. The van der Waals surface area contributed by atoms with Gasteiger partial charge in [0.2, 0.25) is 0 Å². The molecular formula is C9H10O. The number of ether oxygens (including phenoxy) is 1. The molecule has 0 N–H and O–H groups in total. The molecule has 0 aromatic rings. The van der Waals surface area contributed by atoms with Gasteiger partial charge < -0.3 is 4.74 Å². The van der Waals surface area contributed by atoms with Crippen LogP contribution in [0.25, 0.3) is 0 Å². The van der Waals surface area contributed by atoms with Crippen molar-refractivity contribution in [1.82, 2.24) is 0 Å². The van der Waals surface area contributed by atoms with Crippen molar-refractivity contribution in [2.45, 2.75) is 0 Å². The summed E-state index contributed by atoms with van der Waals surface area (Å²) in [6.45, 7) is 0. The van der Waals surface area contributed by atoms with Crippen LogP contribution in [0.15, 0.2) is 48.3 Å². The van der Waals surface area contributed by atoms with Gasteiger partial charge in [-0.25, -0.2) is 0 Å². The van der Waals surface area contributed by atoms with Gasteiger partial charge in [-0.3, -0.25) is 0 Å². The standard InChI is InChI=1S/C9H10O/c1-10-8-9-6-4-2-3-5-7-9/h2-8H,1H3. The summed E-state index contributed by atoms with van der Waals surface area (Å²) in [5.41, 5.74) is 1.08. The number of allylic oxidation sites excluding steroid dienone is 7. The van der Waals surface area contributed by atoms with Crippen LogP contribution in [0.3, 0.4) is 0 Å². The Bertz CT molecular complexity index is 189. The summed E-state index contributed by atoms with van der Waals surface area (Å²) in [7, 11) is 1.65. The minimum atomic E-state index is 1.08. The lowest BCUT2D eigenvalue weighted by Gasteiger charge is -1.90. The molecule has 0 radical (unpaired) electrons. The lowest BCUT2D eigenvalue weighted by atomic mass is 10.3. The molecule has 1 nitrogen and oxygen atoms in total. The molecule has 0 unspecified atom stereocenters. The first-order chi connectivity index (χ1) is 4.93. The summed E-state index contributed by atoms with van der Waals surface area (Å²) in [4.78, 5) is 0. The van der Waals surface area contributed by atoms with Crippen LogP contribution < -0.4 is 0 Å². The number of hydrogen-bond donors (Lipinski definition) is 0. The summed E-state index contributed by atoms with van der Waals surface area (Å²) in [6.07, 6.45) is 13.6. The maximum Gasteiger partial charge on any atom is 0.0896 e. The molecule has 52 valence electrons. The molecule has 1 heteroatoms. The Labute approximate surface area is 61.0 Å². The summed E-state index contributed by atoms with van der Waals surface area (Å²) in [5, 5.41) is 0. The third-order valence-electron chi connectivity index (χ3n) is 1.16. The van der Waals surface area contributed by atoms with E-state index in [0.717, 1.165) is 5.57 Å². The predicted octanol–water partition coefficient (Wildman–Crippen LogP) is 2.20. The molecule has 0 aromatic carbocycles. The number of methoxy groups -OCH3 is 1. The highest BCUT2D eigenvalue weighted by Crippen LogP contribution is 2.02. The Morgan fingerprint density at radius 1 is 1.10 bits per heavy atom. The Balaban J connectivity index is 2.72. The van der Waals surface area contributed by atoms with E-state index in [4.69, 9.17) is 4.74 Å². The van der Waals surface area contributed by atoms with Crippen molar-refractivity contribution < 1.29 is 4.74 Å². The third kappa shape index (κ3) is 1.94. The van der Waals surface area contributed by atoms with Gasteiger partial charge in [0, 0.05) is 5.57 Å². The largest absolute Gasteiger partial charge is 0.504 e. The highest BCUT2D eigenvalue weighted by atomic mass is 16.5.